The summed E-state index contributed by atoms with van der Waals surface area (Å²) in [6.45, 7) is 2.55. The van der Waals surface area contributed by atoms with Gasteiger partial charge >= 0.3 is 0 Å². The van der Waals surface area contributed by atoms with Gasteiger partial charge in [0, 0.05) is 42.3 Å². The molecule has 3 heterocycles. The number of pyridine rings is 1. The summed E-state index contributed by atoms with van der Waals surface area (Å²) in [6.07, 6.45) is 6.43. The molecule has 3 aromatic heterocycles. The van der Waals surface area contributed by atoms with Gasteiger partial charge < -0.3 is 9.42 Å². The van der Waals surface area contributed by atoms with Gasteiger partial charge in [0.1, 0.15) is 5.69 Å². The van der Waals surface area contributed by atoms with Gasteiger partial charge in [-0.2, -0.15) is 5.10 Å². The van der Waals surface area contributed by atoms with Crippen LogP contribution in [0.15, 0.2) is 35.1 Å². The van der Waals surface area contributed by atoms with Crippen LogP contribution < -0.4 is 0 Å². The maximum atomic E-state index is 12.8. The molecule has 4 rings (SSSR count). The Bertz CT molecular complexity index is 915. The fourth-order valence-corrected chi connectivity index (χ4v) is 3.37. The highest BCUT2D eigenvalue weighted by Gasteiger charge is 2.27. The maximum Gasteiger partial charge on any atom is 0.274 e. The number of carbonyl (C=O) groups is 1. The minimum Gasteiger partial charge on any atom is -0.359 e. The van der Waals surface area contributed by atoms with Crippen LogP contribution in [-0.4, -0.2) is 38.2 Å². The van der Waals surface area contributed by atoms with Gasteiger partial charge in [0.25, 0.3) is 5.91 Å². The highest BCUT2D eigenvalue weighted by molar-refractivity contribution is 5.93. The number of amides is 1. The van der Waals surface area contributed by atoms with Gasteiger partial charge in [0.05, 0.1) is 6.54 Å². The van der Waals surface area contributed by atoms with Crippen LogP contribution in [0.1, 0.15) is 40.9 Å². The molecule has 0 bridgehead atoms. The summed E-state index contributed by atoms with van der Waals surface area (Å²) in [5, 5.41) is 11.4. The second-order valence-electron chi connectivity index (χ2n) is 6.96. The molecule has 1 aliphatic rings. The Morgan fingerprint density at radius 3 is 3.15 bits per heavy atom. The summed E-state index contributed by atoms with van der Waals surface area (Å²) in [5.74, 6) is 1.10. The molecule has 7 heteroatoms. The zero-order valence-electron chi connectivity index (χ0n) is 14.9. The van der Waals surface area contributed by atoms with E-state index in [1.54, 1.807) is 24.3 Å². The van der Waals surface area contributed by atoms with E-state index >= 15 is 0 Å². The molecule has 134 valence electrons. The smallest absolute Gasteiger partial charge is 0.274 e. The molecule has 0 saturated carbocycles. The number of aryl methyl sites for hydroxylation is 1. The van der Waals surface area contributed by atoms with Crippen molar-refractivity contribution in [2.24, 2.45) is 5.92 Å². The van der Waals surface area contributed by atoms with Gasteiger partial charge in [0.2, 0.25) is 0 Å². The predicted octanol–water partition coefficient (Wildman–Crippen LogP) is 2.86. The third-order valence-corrected chi connectivity index (χ3v) is 4.85. The number of aromatic nitrogens is 4. The molecule has 0 unspecified atom stereocenters. The van der Waals surface area contributed by atoms with E-state index in [1.165, 1.54) is 0 Å². The number of aromatic amines is 1. The topological polar surface area (TPSA) is 87.9 Å². The van der Waals surface area contributed by atoms with Crippen LogP contribution >= 0.6 is 0 Å². The minimum absolute atomic E-state index is 0.101. The number of fused-ring (bicyclic) bond motifs is 1. The molecule has 0 saturated heterocycles. The van der Waals surface area contributed by atoms with Crippen molar-refractivity contribution in [2.75, 3.05) is 7.05 Å². The molecule has 0 spiro atoms. The summed E-state index contributed by atoms with van der Waals surface area (Å²) >= 11 is 0. The Kier molecular flexibility index (Phi) is 4.28. The van der Waals surface area contributed by atoms with E-state index in [0.717, 1.165) is 36.1 Å². The first-order valence-electron chi connectivity index (χ1n) is 8.79. The number of hydrogen-bond donors (Lipinski definition) is 1. The van der Waals surface area contributed by atoms with E-state index in [9.17, 15) is 4.79 Å². The summed E-state index contributed by atoms with van der Waals surface area (Å²) in [4.78, 5) is 18.5. The van der Waals surface area contributed by atoms with E-state index in [0.29, 0.717) is 29.6 Å². The Morgan fingerprint density at radius 1 is 1.46 bits per heavy atom. The Labute approximate surface area is 151 Å². The van der Waals surface area contributed by atoms with Gasteiger partial charge in [-0.1, -0.05) is 12.1 Å². The number of nitrogens with one attached hydrogen (secondary N) is 1. The fourth-order valence-electron chi connectivity index (χ4n) is 3.37. The quantitative estimate of drug-likeness (QED) is 0.781. The van der Waals surface area contributed by atoms with E-state index in [2.05, 4.69) is 27.3 Å². The van der Waals surface area contributed by atoms with Gasteiger partial charge in [-0.3, -0.25) is 14.9 Å². The van der Waals surface area contributed by atoms with Crippen LogP contribution in [0, 0.1) is 5.92 Å². The number of carbonyl (C=O) groups excluding carboxylic acids is 1. The van der Waals surface area contributed by atoms with Crippen molar-refractivity contribution in [3.05, 3.63) is 53.3 Å². The summed E-state index contributed by atoms with van der Waals surface area (Å²) < 4.78 is 5.39. The van der Waals surface area contributed by atoms with E-state index in [-0.39, 0.29) is 5.91 Å². The monoisotopic (exact) mass is 351 g/mol. The molecule has 0 aromatic carbocycles. The molecule has 0 radical (unpaired) electrons. The first kappa shape index (κ1) is 16.5. The Balaban J connectivity index is 1.49. The first-order chi connectivity index (χ1) is 12.6. The lowest BCUT2D eigenvalue weighted by Crippen LogP contribution is -2.28. The van der Waals surface area contributed by atoms with Crippen molar-refractivity contribution in [1.29, 1.82) is 0 Å². The van der Waals surface area contributed by atoms with Crippen molar-refractivity contribution < 1.29 is 9.32 Å². The molecule has 26 heavy (non-hydrogen) atoms. The zero-order chi connectivity index (χ0) is 18.1. The maximum absolute atomic E-state index is 12.8. The molecule has 1 amide bonds. The van der Waals surface area contributed by atoms with Crippen molar-refractivity contribution >= 4 is 5.91 Å². The number of H-pyrrole nitrogens is 1. The summed E-state index contributed by atoms with van der Waals surface area (Å²) in [7, 11) is 1.75. The normalized spacial score (nSPS) is 16.3. The SMILES string of the molecule is C[C@@H]1CCc2[nH]nc(C(=O)N(C)Cc3cc(-c4cccnc4)no3)c2C1. The predicted molar refractivity (Wildman–Crippen MR) is 95.3 cm³/mol. The second kappa shape index (κ2) is 6.74. The first-order valence-corrected chi connectivity index (χ1v) is 8.79. The Morgan fingerprint density at radius 2 is 2.35 bits per heavy atom. The van der Waals surface area contributed by atoms with Crippen LogP contribution in [0.3, 0.4) is 0 Å². The third-order valence-electron chi connectivity index (χ3n) is 4.85. The van der Waals surface area contributed by atoms with E-state index < -0.39 is 0 Å². The lowest BCUT2D eigenvalue weighted by molar-refractivity contribution is 0.0765. The molecular weight excluding hydrogens is 330 g/mol. The number of nitrogens with zero attached hydrogens (tertiary/aromatic N) is 4. The van der Waals surface area contributed by atoms with Crippen molar-refractivity contribution in [3.8, 4) is 11.3 Å². The van der Waals surface area contributed by atoms with Crippen LogP contribution in [-0.2, 0) is 19.4 Å². The van der Waals surface area contributed by atoms with Crippen molar-refractivity contribution in [3.63, 3.8) is 0 Å². The standard InChI is InChI=1S/C19H21N5O2/c1-12-5-6-16-15(8-12)18(22-21-16)19(25)24(2)11-14-9-17(23-26-14)13-4-3-7-20-10-13/h3-4,7,9-10,12H,5-6,8,11H2,1-2H3,(H,21,22)/t12-/m1/s1. The average molecular weight is 351 g/mol. The second-order valence-corrected chi connectivity index (χ2v) is 6.96. The lowest BCUT2D eigenvalue weighted by atomic mass is 9.87. The van der Waals surface area contributed by atoms with Crippen LogP contribution in [0.5, 0.6) is 0 Å². The highest BCUT2D eigenvalue weighted by Crippen LogP contribution is 2.27. The van der Waals surface area contributed by atoms with Gasteiger partial charge in [0.15, 0.2) is 11.5 Å². The average Bonchev–Trinajstić information content (AvgIpc) is 3.28. The molecule has 1 N–H and O–H groups in total. The molecule has 1 atom stereocenters. The molecule has 1 aliphatic carbocycles. The van der Waals surface area contributed by atoms with Crippen molar-refractivity contribution in [1.82, 2.24) is 25.2 Å². The van der Waals surface area contributed by atoms with E-state index in [1.807, 2.05) is 18.2 Å². The van der Waals surface area contributed by atoms with Gasteiger partial charge in [-0.05, 0) is 37.3 Å². The van der Waals surface area contributed by atoms with Crippen LogP contribution in [0.2, 0.25) is 0 Å². The molecule has 0 aliphatic heterocycles. The molecule has 0 fully saturated rings. The summed E-state index contributed by atoms with van der Waals surface area (Å²) in [5.41, 5.74) is 4.28. The Hall–Kier alpha value is -2.96. The fraction of sp³-hybridized carbons (Fsp3) is 0.368. The van der Waals surface area contributed by atoms with E-state index in [4.69, 9.17) is 4.52 Å². The lowest BCUT2D eigenvalue weighted by Gasteiger charge is -2.19. The molecular formula is C19H21N5O2. The number of hydrogen-bond acceptors (Lipinski definition) is 5. The van der Waals surface area contributed by atoms with Crippen LogP contribution in [0.4, 0.5) is 0 Å². The summed E-state index contributed by atoms with van der Waals surface area (Å²) in [6, 6.07) is 5.60. The minimum atomic E-state index is -0.101. The largest absolute Gasteiger partial charge is 0.359 e. The zero-order valence-corrected chi connectivity index (χ0v) is 14.9. The number of rotatable bonds is 4. The van der Waals surface area contributed by atoms with Gasteiger partial charge in [-0.25, -0.2) is 0 Å². The third kappa shape index (κ3) is 3.12. The van der Waals surface area contributed by atoms with Crippen molar-refractivity contribution in [2.45, 2.75) is 32.7 Å². The van der Waals surface area contributed by atoms with Gasteiger partial charge in [-0.15, -0.1) is 0 Å². The highest BCUT2D eigenvalue weighted by atomic mass is 16.5. The molecule has 3 aromatic rings. The molecule has 7 nitrogen and oxygen atoms in total. The van der Waals surface area contributed by atoms with Crippen LogP contribution in [0.25, 0.3) is 11.3 Å².